The monoisotopic (exact) mass is 351 g/mol. The number of amides is 1. The van der Waals surface area contributed by atoms with E-state index in [1.165, 1.54) is 10.4 Å². The summed E-state index contributed by atoms with van der Waals surface area (Å²) in [4.78, 5) is 16.4. The van der Waals surface area contributed by atoms with Crippen LogP contribution in [-0.4, -0.2) is 27.1 Å². The summed E-state index contributed by atoms with van der Waals surface area (Å²) in [5, 5.41) is 6.54. The van der Waals surface area contributed by atoms with E-state index in [0.29, 0.717) is 6.42 Å². The van der Waals surface area contributed by atoms with Crippen LogP contribution in [-0.2, 0) is 17.6 Å². The van der Waals surface area contributed by atoms with Gasteiger partial charge in [0.15, 0.2) is 0 Å². The van der Waals surface area contributed by atoms with E-state index in [4.69, 9.17) is 0 Å². The molecule has 25 heavy (non-hydrogen) atoms. The standard InChI is InChI=1S/C20H21N3OS/c1-2-18-17-9-11-25-19(17)8-10-22(18)20(24)12-15-13-21-23(14-15)16-6-4-3-5-7-16/h3-7,9,11,13-14,18H,2,8,10,12H2,1H3. The molecule has 0 radical (unpaired) electrons. The van der Waals surface area contributed by atoms with Crippen LogP contribution >= 0.6 is 11.3 Å². The van der Waals surface area contributed by atoms with Gasteiger partial charge in [0.1, 0.15) is 0 Å². The van der Waals surface area contributed by atoms with Crippen LogP contribution in [0.4, 0.5) is 0 Å². The normalized spacial score (nSPS) is 16.7. The molecule has 2 aromatic heterocycles. The van der Waals surface area contributed by atoms with Gasteiger partial charge in [-0.2, -0.15) is 5.10 Å². The van der Waals surface area contributed by atoms with Crippen molar-refractivity contribution in [3.05, 3.63) is 70.2 Å². The molecule has 3 heterocycles. The SMILES string of the molecule is CCC1c2ccsc2CCN1C(=O)Cc1cnn(-c2ccccc2)c1. The Morgan fingerprint density at radius 3 is 2.92 bits per heavy atom. The number of fused-ring (bicyclic) bond motifs is 1. The second-order valence-corrected chi connectivity index (χ2v) is 7.37. The quantitative estimate of drug-likeness (QED) is 0.712. The first-order valence-electron chi connectivity index (χ1n) is 8.71. The van der Waals surface area contributed by atoms with Gasteiger partial charge in [-0.05, 0) is 47.5 Å². The summed E-state index contributed by atoms with van der Waals surface area (Å²) < 4.78 is 1.83. The molecule has 0 spiro atoms. The molecule has 0 aliphatic carbocycles. The van der Waals surface area contributed by atoms with Gasteiger partial charge in [0.2, 0.25) is 5.91 Å². The predicted octanol–water partition coefficient (Wildman–Crippen LogP) is 4.01. The molecule has 128 valence electrons. The van der Waals surface area contributed by atoms with E-state index in [9.17, 15) is 4.79 Å². The molecule has 0 bridgehead atoms. The van der Waals surface area contributed by atoms with E-state index >= 15 is 0 Å². The first kappa shape index (κ1) is 16.1. The molecular weight excluding hydrogens is 330 g/mol. The number of thiophene rings is 1. The Kier molecular flexibility index (Phi) is 4.40. The molecular formula is C20H21N3OS. The van der Waals surface area contributed by atoms with Crippen molar-refractivity contribution < 1.29 is 4.79 Å². The van der Waals surface area contributed by atoms with E-state index in [2.05, 4.69) is 28.4 Å². The fourth-order valence-corrected chi connectivity index (χ4v) is 4.51. The highest BCUT2D eigenvalue weighted by molar-refractivity contribution is 7.10. The predicted molar refractivity (Wildman–Crippen MR) is 100 cm³/mol. The number of carbonyl (C=O) groups excluding carboxylic acids is 1. The second-order valence-electron chi connectivity index (χ2n) is 6.37. The highest BCUT2D eigenvalue weighted by Crippen LogP contribution is 2.35. The summed E-state index contributed by atoms with van der Waals surface area (Å²) in [5.74, 6) is 0.191. The lowest BCUT2D eigenvalue weighted by atomic mass is 9.97. The van der Waals surface area contributed by atoms with Crippen molar-refractivity contribution in [1.29, 1.82) is 0 Å². The number of nitrogens with zero attached hydrogens (tertiary/aromatic N) is 3. The molecule has 1 unspecified atom stereocenters. The Bertz CT molecular complexity index is 868. The van der Waals surface area contributed by atoms with Gasteiger partial charge in [-0.1, -0.05) is 25.1 Å². The number of rotatable bonds is 4. The summed E-state index contributed by atoms with van der Waals surface area (Å²) in [6.07, 6.45) is 6.08. The maximum absolute atomic E-state index is 12.9. The van der Waals surface area contributed by atoms with Crippen LogP contribution < -0.4 is 0 Å². The Morgan fingerprint density at radius 2 is 2.12 bits per heavy atom. The third-order valence-corrected chi connectivity index (χ3v) is 5.81. The summed E-state index contributed by atoms with van der Waals surface area (Å²) in [5.41, 5.74) is 3.31. The van der Waals surface area contributed by atoms with Gasteiger partial charge in [-0.3, -0.25) is 4.79 Å². The Labute approximate surface area is 151 Å². The molecule has 5 heteroatoms. The van der Waals surface area contributed by atoms with Crippen molar-refractivity contribution >= 4 is 17.2 Å². The Hall–Kier alpha value is -2.40. The van der Waals surface area contributed by atoms with Crippen molar-refractivity contribution in [2.24, 2.45) is 0 Å². The average Bonchev–Trinajstić information content (AvgIpc) is 3.30. The molecule has 4 nitrogen and oxygen atoms in total. The van der Waals surface area contributed by atoms with Gasteiger partial charge in [0.05, 0.1) is 24.3 Å². The number of benzene rings is 1. The highest BCUT2D eigenvalue weighted by atomic mass is 32.1. The third kappa shape index (κ3) is 3.12. The van der Waals surface area contributed by atoms with Gasteiger partial charge in [-0.25, -0.2) is 4.68 Å². The van der Waals surface area contributed by atoms with Crippen LogP contribution in [0, 0.1) is 0 Å². The molecule has 0 saturated carbocycles. The highest BCUT2D eigenvalue weighted by Gasteiger charge is 2.30. The summed E-state index contributed by atoms with van der Waals surface area (Å²) >= 11 is 1.81. The van der Waals surface area contributed by atoms with Crippen LogP contribution in [0.5, 0.6) is 0 Å². The summed E-state index contributed by atoms with van der Waals surface area (Å²) in [7, 11) is 0. The maximum atomic E-state index is 12.9. The smallest absolute Gasteiger partial charge is 0.227 e. The molecule has 1 amide bonds. The maximum Gasteiger partial charge on any atom is 0.227 e. The molecule has 0 saturated heterocycles. The van der Waals surface area contributed by atoms with Crippen LogP contribution in [0.25, 0.3) is 5.69 Å². The van der Waals surface area contributed by atoms with Crippen molar-refractivity contribution in [2.45, 2.75) is 32.2 Å². The molecule has 0 fully saturated rings. The van der Waals surface area contributed by atoms with Crippen LogP contribution in [0.2, 0.25) is 0 Å². The second kappa shape index (κ2) is 6.84. The van der Waals surface area contributed by atoms with Crippen LogP contribution in [0.15, 0.2) is 54.2 Å². The fourth-order valence-electron chi connectivity index (χ4n) is 3.58. The van der Waals surface area contributed by atoms with Crippen molar-refractivity contribution in [3.63, 3.8) is 0 Å². The Balaban J connectivity index is 1.50. The molecule has 3 aromatic rings. The lowest BCUT2D eigenvalue weighted by Gasteiger charge is -2.35. The zero-order valence-corrected chi connectivity index (χ0v) is 15.1. The van der Waals surface area contributed by atoms with Gasteiger partial charge in [-0.15, -0.1) is 11.3 Å². The van der Waals surface area contributed by atoms with Crippen LogP contribution in [0.1, 0.15) is 35.4 Å². The molecule has 1 aromatic carbocycles. The number of hydrogen-bond acceptors (Lipinski definition) is 3. The molecule has 0 N–H and O–H groups in total. The van der Waals surface area contributed by atoms with E-state index in [-0.39, 0.29) is 11.9 Å². The fraction of sp³-hybridized carbons (Fsp3) is 0.300. The van der Waals surface area contributed by atoms with Crippen LogP contribution in [0.3, 0.4) is 0 Å². The summed E-state index contributed by atoms with van der Waals surface area (Å²) in [6, 6.07) is 12.4. The number of hydrogen-bond donors (Lipinski definition) is 0. The Morgan fingerprint density at radius 1 is 1.28 bits per heavy atom. The lowest BCUT2D eigenvalue weighted by Crippen LogP contribution is -2.40. The third-order valence-electron chi connectivity index (χ3n) is 4.81. The lowest BCUT2D eigenvalue weighted by molar-refractivity contribution is -0.133. The largest absolute Gasteiger partial charge is 0.335 e. The first-order chi connectivity index (χ1) is 12.3. The van der Waals surface area contributed by atoms with E-state index in [1.54, 1.807) is 6.20 Å². The zero-order valence-electron chi connectivity index (χ0n) is 14.3. The first-order valence-corrected chi connectivity index (χ1v) is 9.59. The number of para-hydroxylation sites is 1. The van der Waals surface area contributed by atoms with E-state index < -0.39 is 0 Å². The average molecular weight is 351 g/mol. The summed E-state index contributed by atoms with van der Waals surface area (Å²) in [6.45, 7) is 2.98. The van der Waals surface area contributed by atoms with E-state index in [1.807, 2.05) is 52.5 Å². The van der Waals surface area contributed by atoms with E-state index in [0.717, 1.165) is 30.6 Å². The minimum absolute atomic E-state index is 0.191. The van der Waals surface area contributed by atoms with Crippen molar-refractivity contribution in [3.8, 4) is 5.69 Å². The van der Waals surface area contributed by atoms with Crippen molar-refractivity contribution in [2.75, 3.05) is 6.54 Å². The number of carbonyl (C=O) groups is 1. The molecule has 1 aliphatic heterocycles. The molecule has 4 rings (SSSR count). The topological polar surface area (TPSA) is 38.1 Å². The van der Waals surface area contributed by atoms with Gasteiger partial charge in [0.25, 0.3) is 0 Å². The van der Waals surface area contributed by atoms with Gasteiger partial charge >= 0.3 is 0 Å². The number of aromatic nitrogens is 2. The van der Waals surface area contributed by atoms with Gasteiger partial charge < -0.3 is 4.90 Å². The zero-order chi connectivity index (χ0) is 17.2. The minimum atomic E-state index is 0.191. The minimum Gasteiger partial charge on any atom is -0.335 e. The molecule has 1 atom stereocenters. The molecule has 1 aliphatic rings. The van der Waals surface area contributed by atoms with Crippen molar-refractivity contribution in [1.82, 2.24) is 14.7 Å². The van der Waals surface area contributed by atoms with Gasteiger partial charge in [0, 0.05) is 17.6 Å².